The molecule has 2 rings (SSSR count). The van der Waals surface area contributed by atoms with E-state index < -0.39 is 26.7 Å². The van der Waals surface area contributed by atoms with E-state index in [4.69, 9.17) is 0 Å². The number of piperidine rings is 1. The molecule has 0 spiro atoms. The first-order valence-electron chi connectivity index (χ1n) is 8.91. The molecule has 2 N–H and O–H groups in total. The van der Waals surface area contributed by atoms with Crippen molar-refractivity contribution in [3.8, 4) is 0 Å². The zero-order valence-corrected chi connectivity index (χ0v) is 15.9. The Balaban J connectivity index is 1.70. The van der Waals surface area contributed by atoms with Crippen LogP contribution >= 0.6 is 0 Å². The van der Waals surface area contributed by atoms with Crippen LogP contribution in [0.1, 0.15) is 24.8 Å². The summed E-state index contributed by atoms with van der Waals surface area (Å²) in [5.41, 5.74) is 1.24. The predicted molar refractivity (Wildman–Crippen MR) is 101 cm³/mol. The van der Waals surface area contributed by atoms with Gasteiger partial charge in [0, 0.05) is 26.7 Å². The third-order valence-electron chi connectivity index (χ3n) is 4.61. The molecular weight excluding hydrogens is 354 g/mol. The fourth-order valence-corrected chi connectivity index (χ4v) is 4.71. The fraction of sp³-hybridized carbons (Fsp3) is 0.556. The summed E-state index contributed by atoms with van der Waals surface area (Å²) < 4.78 is 24.4. The maximum atomic E-state index is 12.2. The van der Waals surface area contributed by atoms with Gasteiger partial charge in [-0.05, 0) is 31.2 Å². The van der Waals surface area contributed by atoms with E-state index in [1.54, 1.807) is 4.90 Å². The molecule has 1 saturated heterocycles. The van der Waals surface area contributed by atoms with Gasteiger partial charge in [-0.1, -0.05) is 30.3 Å². The third-order valence-corrected chi connectivity index (χ3v) is 6.76. The molecule has 0 saturated carbocycles. The van der Waals surface area contributed by atoms with Gasteiger partial charge in [-0.25, -0.2) is 13.2 Å². The lowest BCUT2D eigenvalue weighted by Crippen LogP contribution is -2.48. The van der Waals surface area contributed by atoms with Crippen molar-refractivity contribution in [1.29, 1.82) is 0 Å². The minimum absolute atomic E-state index is 0.153. The SMILES string of the molecule is CNC(=O)CS(=O)(=O)C1CCN(C(=O)NCCCc2ccccc2)CC1. The highest BCUT2D eigenvalue weighted by Crippen LogP contribution is 2.18. The number of carbonyl (C=O) groups excluding carboxylic acids is 2. The lowest BCUT2D eigenvalue weighted by Gasteiger charge is -2.31. The number of rotatable bonds is 7. The lowest BCUT2D eigenvalue weighted by molar-refractivity contribution is -0.118. The topological polar surface area (TPSA) is 95.6 Å². The minimum Gasteiger partial charge on any atom is -0.358 e. The Labute approximate surface area is 155 Å². The van der Waals surface area contributed by atoms with Gasteiger partial charge in [0.2, 0.25) is 5.91 Å². The second kappa shape index (κ2) is 9.56. The summed E-state index contributed by atoms with van der Waals surface area (Å²) in [6.45, 7) is 1.37. The highest BCUT2D eigenvalue weighted by Gasteiger charge is 2.32. The van der Waals surface area contributed by atoms with Crippen molar-refractivity contribution >= 4 is 21.8 Å². The third kappa shape index (κ3) is 6.01. The number of benzene rings is 1. The maximum Gasteiger partial charge on any atom is 0.317 e. The molecule has 1 aromatic rings. The van der Waals surface area contributed by atoms with Crippen molar-refractivity contribution in [3.63, 3.8) is 0 Å². The van der Waals surface area contributed by atoms with E-state index in [0.29, 0.717) is 32.5 Å². The van der Waals surface area contributed by atoms with Crippen LogP contribution in [-0.2, 0) is 21.1 Å². The number of aryl methyl sites for hydroxylation is 1. The van der Waals surface area contributed by atoms with E-state index in [0.717, 1.165) is 12.8 Å². The molecule has 1 aliphatic rings. The molecule has 144 valence electrons. The number of urea groups is 1. The molecular formula is C18H27N3O4S. The molecule has 7 nitrogen and oxygen atoms in total. The highest BCUT2D eigenvalue weighted by molar-refractivity contribution is 7.92. The van der Waals surface area contributed by atoms with Crippen LogP contribution in [0.4, 0.5) is 4.79 Å². The number of sulfone groups is 1. The van der Waals surface area contributed by atoms with Gasteiger partial charge in [0.25, 0.3) is 0 Å². The van der Waals surface area contributed by atoms with Crippen molar-refractivity contribution in [3.05, 3.63) is 35.9 Å². The van der Waals surface area contributed by atoms with Crippen molar-refractivity contribution in [1.82, 2.24) is 15.5 Å². The zero-order valence-electron chi connectivity index (χ0n) is 15.1. The van der Waals surface area contributed by atoms with Crippen LogP contribution in [0.15, 0.2) is 30.3 Å². The van der Waals surface area contributed by atoms with Gasteiger partial charge in [0.1, 0.15) is 5.75 Å². The molecule has 0 aromatic heterocycles. The van der Waals surface area contributed by atoms with Crippen LogP contribution in [0.5, 0.6) is 0 Å². The standard InChI is InChI=1S/C18H27N3O4S/c1-19-17(22)14-26(24,25)16-9-12-21(13-10-16)18(23)20-11-5-8-15-6-3-2-4-7-15/h2-4,6-7,16H,5,8-14H2,1H3,(H,19,22)(H,20,23). The molecule has 1 fully saturated rings. The van der Waals surface area contributed by atoms with E-state index >= 15 is 0 Å². The first kappa shape index (κ1) is 20.2. The number of amides is 3. The van der Waals surface area contributed by atoms with Crippen LogP contribution in [0, 0.1) is 0 Å². The van der Waals surface area contributed by atoms with Crippen molar-refractivity contribution in [2.45, 2.75) is 30.9 Å². The molecule has 0 radical (unpaired) electrons. The van der Waals surface area contributed by atoms with Crippen LogP contribution in [0.3, 0.4) is 0 Å². The average Bonchev–Trinajstić information content (AvgIpc) is 2.65. The van der Waals surface area contributed by atoms with E-state index in [-0.39, 0.29) is 6.03 Å². The molecule has 1 heterocycles. The summed E-state index contributed by atoms with van der Waals surface area (Å²) in [4.78, 5) is 25.2. The Bertz CT molecular complexity index is 698. The van der Waals surface area contributed by atoms with Gasteiger partial charge in [0.05, 0.1) is 5.25 Å². The number of hydrogen-bond donors (Lipinski definition) is 2. The summed E-state index contributed by atoms with van der Waals surface area (Å²) in [5.74, 6) is -0.983. The van der Waals surface area contributed by atoms with E-state index in [1.807, 2.05) is 18.2 Å². The van der Waals surface area contributed by atoms with Crippen molar-refractivity contribution in [2.75, 3.05) is 32.4 Å². The largest absolute Gasteiger partial charge is 0.358 e. The first-order chi connectivity index (χ1) is 12.4. The Morgan fingerprint density at radius 2 is 1.81 bits per heavy atom. The van der Waals surface area contributed by atoms with Gasteiger partial charge in [0.15, 0.2) is 9.84 Å². The number of carbonyl (C=O) groups is 2. The molecule has 26 heavy (non-hydrogen) atoms. The molecule has 3 amide bonds. The fourth-order valence-electron chi connectivity index (χ4n) is 3.04. The summed E-state index contributed by atoms with van der Waals surface area (Å²) in [6.07, 6.45) is 2.50. The average molecular weight is 381 g/mol. The number of nitrogens with zero attached hydrogens (tertiary/aromatic N) is 1. The van der Waals surface area contributed by atoms with Gasteiger partial charge in [-0.15, -0.1) is 0 Å². The zero-order chi connectivity index (χ0) is 19.0. The molecule has 0 aliphatic carbocycles. The second-order valence-corrected chi connectivity index (χ2v) is 8.77. The quantitative estimate of drug-likeness (QED) is 0.688. The normalized spacial score (nSPS) is 15.5. The molecule has 1 aliphatic heterocycles. The van der Waals surface area contributed by atoms with E-state index in [1.165, 1.54) is 12.6 Å². The monoisotopic (exact) mass is 381 g/mol. The summed E-state index contributed by atoms with van der Waals surface area (Å²) in [6, 6.07) is 9.94. The van der Waals surface area contributed by atoms with Crippen LogP contribution in [-0.4, -0.2) is 62.9 Å². The molecule has 0 atom stereocenters. The highest BCUT2D eigenvalue weighted by atomic mass is 32.2. The lowest BCUT2D eigenvalue weighted by atomic mass is 10.1. The molecule has 0 unspecified atom stereocenters. The Morgan fingerprint density at radius 1 is 1.15 bits per heavy atom. The van der Waals surface area contributed by atoms with E-state index in [9.17, 15) is 18.0 Å². The molecule has 1 aromatic carbocycles. The molecule has 0 bridgehead atoms. The van der Waals surface area contributed by atoms with Gasteiger partial charge >= 0.3 is 6.03 Å². The van der Waals surface area contributed by atoms with Crippen LogP contribution < -0.4 is 10.6 Å². The molecule has 8 heteroatoms. The predicted octanol–water partition coefficient (Wildman–Crippen LogP) is 0.954. The number of hydrogen-bond acceptors (Lipinski definition) is 4. The first-order valence-corrected chi connectivity index (χ1v) is 10.6. The second-order valence-electron chi connectivity index (χ2n) is 6.49. The van der Waals surface area contributed by atoms with Gasteiger partial charge in [-0.3, -0.25) is 4.79 Å². The van der Waals surface area contributed by atoms with Gasteiger partial charge in [-0.2, -0.15) is 0 Å². The smallest absolute Gasteiger partial charge is 0.317 e. The Morgan fingerprint density at radius 3 is 2.42 bits per heavy atom. The number of nitrogens with one attached hydrogen (secondary N) is 2. The van der Waals surface area contributed by atoms with Crippen molar-refractivity contribution in [2.24, 2.45) is 0 Å². The minimum atomic E-state index is -3.47. The summed E-state index contributed by atoms with van der Waals surface area (Å²) >= 11 is 0. The number of likely N-dealkylation sites (tertiary alicyclic amines) is 1. The van der Waals surface area contributed by atoms with Crippen molar-refractivity contribution < 1.29 is 18.0 Å². The van der Waals surface area contributed by atoms with E-state index in [2.05, 4.69) is 22.8 Å². The van der Waals surface area contributed by atoms with Crippen LogP contribution in [0.25, 0.3) is 0 Å². The maximum absolute atomic E-state index is 12.2. The van der Waals surface area contributed by atoms with Crippen LogP contribution in [0.2, 0.25) is 0 Å². The van der Waals surface area contributed by atoms with Gasteiger partial charge < -0.3 is 15.5 Å². The summed E-state index contributed by atoms with van der Waals surface area (Å²) in [7, 11) is -2.05. The summed E-state index contributed by atoms with van der Waals surface area (Å²) in [5, 5.41) is 4.67. The Kier molecular flexibility index (Phi) is 7.44. The Hall–Kier alpha value is -2.09.